The Kier molecular flexibility index (Phi) is 6.67. The molecule has 1 aliphatic rings. The molecule has 0 radical (unpaired) electrons. The molecule has 0 spiro atoms. The molecule has 3 aromatic rings. The number of fused-ring (bicyclic) bond motifs is 1. The standard InChI is InChI=1S/C25H21Cl2N3O3/c1-15(33-21-13-12-17(26)14-19(21)27)24(31)29-23-25(32)30(2)20-11-7-6-10-18(20)22(28-23)16-8-4-3-5-9-16/h3-15,23H,1-2H3,(H,29,31)/t15?,23-/m1/s1. The number of aliphatic imine (C=N–C) groups is 1. The van der Waals surface area contributed by atoms with Gasteiger partial charge in [-0.2, -0.15) is 0 Å². The van der Waals surface area contributed by atoms with Crippen molar-refractivity contribution in [2.24, 2.45) is 4.99 Å². The Bertz CT molecular complexity index is 1230. The van der Waals surface area contributed by atoms with Gasteiger partial charge in [0.05, 0.1) is 16.4 Å². The van der Waals surface area contributed by atoms with Crippen LogP contribution >= 0.6 is 23.2 Å². The third-order valence-corrected chi connectivity index (χ3v) is 5.77. The van der Waals surface area contributed by atoms with Crippen molar-refractivity contribution in [3.05, 3.63) is 94.0 Å². The third-order valence-electron chi connectivity index (χ3n) is 5.24. The van der Waals surface area contributed by atoms with Crippen LogP contribution in [0.3, 0.4) is 0 Å². The summed E-state index contributed by atoms with van der Waals surface area (Å²) in [4.78, 5) is 32.3. The molecule has 0 aromatic heterocycles. The highest BCUT2D eigenvalue weighted by Crippen LogP contribution is 2.29. The van der Waals surface area contributed by atoms with Gasteiger partial charge in [-0.05, 0) is 31.2 Å². The minimum Gasteiger partial charge on any atom is -0.479 e. The van der Waals surface area contributed by atoms with Gasteiger partial charge in [0, 0.05) is 23.2 Å². The van der Waals surface area contributed by atoms with Gasteiger partial charge < -0.3 is 15.0 Å². The first-order valence-electron chi connectivity index (χ1n) is 10.3. The number of nitrogens with one attached hydrogen (secondary N) is 1. The summed E-state index contributed by atoms with van der Waals surface area (Å²) >= 11 is 12.1. The van der Waals surface area contributed by atoms with Gasteiger partial charge in [-0.25, -0.2) is 4.99 Å². The van der Waals surface area contributed by atoms with E-state index in [1.165, 1.54) is 11.0 Å². The summed E-state index contributed by atoms with van der Waals surface area (Å²) < 4.78 is 5.69. The number of amides is 2. The first-order chi connectivity index (χ1) is 15.8. The molecule has 1 aliphatic heterocycles. The van der Waals surface area contributed by atoms with Crippen LogP contribution in [0.2, 0.25) is 10.0 Å². The van der Waals surface area contributed by atoms with E-state index in [2.05, 4.69) is 10.3 Å². The maximum absolute atomic E-state index is 13.2. The molecule has 1 heterocycles. The highest BCUT2D eigenvalue weighted by Gasteiger charge is 2.32. The predicted octanol–water partition coefficient (Wildman–Crippen LogP) is 4.72. The van der Waals surface area contributed by atoms with Gasteiger partial charge in [-0.1, -0.05) is 71.7 Å². The van der Waals surface area contributed by atoms with Gasteiger partial charge >= 0.3 is 0 Å². The summed E-state index contributed by atoms with van der Waals surface area (Å²) in [6.45, 7) is 1.57. The largest absolute Gasteiger partial charge is 0.479 e. The number of nitrogens with zero attached hydrogens (tertiary/aromatic N) is 2. The fourth-order valence-corrected chi connectivity index (χ4v) is 3.96. The van der Waals surface area contributed by atoms with Crippen molar-refractivity contribution in [1.29, 1.82) is 0 Å². The maximum atomic E-state index is 13.2. The lowest BCUT2D eigenvalue weighted by Gasteiger charge is -2.22. The Hall–Kier alpha value is -3.35. The zero-order valence-corrected chi connectivity index (χ0v) is 19.5. The van der Waals surface area contributed by atoms with E-state index in [0.29, 0.717) is 22.2 Å². The smallest absolute Gasteiger partial charge is 0.272 e. The molecule has 2 amide bonds. The summed E-state index contributed by atoms with van der Waals surface area (Å²) in [6.07, 6.45) is -2.06. The van der Waals surface area contributed by atoms with E-state index in [1.807, 2.05) is 54.6 Å². The van der Waals surface area contributed by atoms with Crippen LogP contribution in [0.5, 0.6) is 5.75 Å². The first kappa shape index (κ1) is 22.8. The predicted molar refractivity (Wildman–Crippen MR) is 130 cm³/mol. The number of ether oxygens (including phenoxy) is 1. The summed E-state index contributed by atoms with van der Waals surface area (Å²) in [6, 6.07) is 21.8. The van der Waals surface area contributed by atoms with Gasteiger partial charge in [0.2, 0.25) is 6.17 Å². The molecule has 8 heteroatoms. The molecule has 0 bridgehead atoms. The van der Waals surface area contributed by atoms with Crippen LogP contribution in [0.25, 0.3) is 0 Å². The van der Waals surface area contributed by atoms with Crippen molar-refractivity contribution in [2.45, 2.75) is 19.2 Å². The summed E-state index contributed by atoms with van der Waals surface area (Å²) in [5.41, 5.74) is 2.96. The summed E-state index contributed by atoms with van der Waals surface area (Å²) in [7, 11) is 1.66. The van der Waals surface area contributed by atoms with Gasteiger partial charge in [0.25, 0.3) is 11.8 Å². The topological polar surface area (TPSA) is 71.0 Å². The summed E-state index contributed by atoms with van der Waals surface area (Å²) in [5, 5.41) is 3.45. The second-order valence-electron chi connectivity index (χ2n) is 7.50. The second kappa shape index (κ2) is 9.65. The number of carbonyl (C=O) groups is 2. The molecule has 0 saturated carbocycles. The molecular weight excluding hydrogens is 461 g/mol. The monoisotopic (exact) mass is 481 g/mol. The molecule has 2 atom stereocenters. The van der Waals surface area contributed by atoms with Crippen LogP contribution in [0, 0.1) is 0 Å². The minimum absolute atomic E-state index is 0.285. The molecule has 1 unspecified atom stereocenters. The van der Waals surface area contributed by atoms with Crippen molar-refractivity contribution >= 4 is 46.4 Å². The fraction of sp³-hybridized carbons (Fsp3) is 0.160. The van der Waals surface area contributed by atoms with Gasteiger partial charge in [0.1, 0.15) is 5.75 Å². The molecular formula is C25H21Cl2N3O3. The molecule has 168 valence electrons. The van der Waals surface area contributed by atoms with E-state index in [9.17, 15) is 9.59 Å². The number of hydrogen-bond donors (Lipinski definition) is 1. The van der Waals surface area contributed by atoms with Crippen molar-refractivity contribution < 1.29 is 14.3 Å². The Morgan fingerprint density at radius 1 is 1.06 bits per heavy atom. The van der Waals surface area contributed by atoms with Crippen LogP contribution in [0.4, 0.5) is 5.69 Å². The van der Waals surface area contributed by atoms with E-state index >= 15 is 0 Å². The van der Waals surface area contributed by atoms with Crippen molar-refractivity contribution in [3.8, 4) is 5.75 Å². The average molecular weight is 482 g/mol. The molecule has 6 nitrogen and oxygen atoms in total. The van der Waals surface area contributed by atoms with E-state index in [1.54, 1.807) is 26.1 Å². The third kappa shape index (κ3) is 4.87. The normalized spacial score (nSPS) is 16.4. The number of likely N-dealkylation sites (N-methyl/N-ethyl adjacent to an activating group) is 1. The number of para-hydroxylation sites is 1. The number of halogens is 2. The molecule has 0 fully saturated rings. The van der Waals surface area contributed by atoms with E-state index in [0.717, 1.165) is 11.1 Å². The van der Waals surface area contributed by atoms with E-state index in [-0.39, 0.29) is 10.9 Å². The first-order valence-corrected chi connectivity index (χ1v) is 11.0. The lowest BCUT2D eigenvalue weighted by atomic mass is 10.0. The number of anilines is 1. The zero-order valence-electron chi connectivity index (χ0n) is 18.0. The second-order valence-corrected chi connectivity index (χ2v) is 8.35. The van der Waals surface area contributed by atoms with Gasteiger partial charge in [0.15, 0.2) is 6.10 Å². The highest BCUT2D eigenvalue weighted by molar-refractivity contribution is 6.35. The molecule has 1 N–H and O–H groups in total. The lowest BCUT2D eigenvalue weighted by Crippen LogP contribution is -2.49. The molecule has 0 aliphatic carbocycles. The molecule has 33 heavy (non-hydrogen) atoms. The number of benzodiazepines with no additional fused rings is 1. The fourth-order valence-electron chi connectivity index (χ4n) is 3.51. The van der Waals surface area contributed by atoms with Gasteiger partial charge in [-0.15, -0.1) is 0 Å². The van der Waals surface area contributed by atoms with Crippen LogP contribution in [0.1, 0.15) is 18.1 Å². The van der Waals surface area contributed by atoms with E-state index in [4.69, 9.17) is 27.9 Å². The number of hydrogen-bond acceptors (Lipinski definition) is 4. The molecule has 3 aromatic carbocycles. The van der Waals surface area contributed by atoms with Crippen LogP contribution in [0.15, 0.2) is 77.8 Å². The summed E-state index contributed by atoms with van der Waals surface area (Å²) in [5.74, 6) is -0.553. The van der Waals surface area contributed by atoms with Crippen LogP contribution in [-0.4, -0.2) is 36.8 Å². The Morgan fingerprint density at radius 3 is 2.48 bits per heavy atom. The minimum atomic E-state index is -1.13. The highest BCUT2D eigenvalue weighted by atomic mass is 35.5. The number of carbonyl (C=O) groups excluding carboxylic acids is 2. The zero-order chi connectivity index (χ0) is 23.5. The molecule has 4 rings (SSSR count). The quantitative estimate of drug-likeness (QED) is 0.573. The van der Waals surface area contributed by atoms with Crippen molar-refractivity contribution in [1.82, 2.24) is 5.32 Å². The van der Waals surface area contributed by atoms with Crippen molar-refractivity contribution in [2.75, 3.05) is 11.9 Å². The Labute approximate surface area is 201 Å². The number of benzene rings is 3. The SMILES string of the molecule is CC(Oc1ccc(Cl)cc1Cl)C(=O)N[C@H]1N=C(c2ccccc2)c2ccccc2N(C)C1=O. The van der Waals surface area contributed by atoms with Crippen molar-refractivity contribution in [3.63, 3.8) is 0 Å². The van der Waals surface area contributed by atoms with E-state index < -0.39 is 18.2 Å². The Morgan fingerprint density at radius 2 is 1.76 bits per heavy atom. The van der Waals surface area contributed by atoms with Gasteiger partial charge in [-0.3, -0.25) is 9.59 Å². The molecule has 0 saturated heterocycles. The Balaban J connectivity index is 1.63. The number of rotatable bonds is 5. The maximum Gasteiger partial charge on any atom is 0.272 e. The van der Waals surface area contributed by atoms with Crippen LogP contribution in [-0.2, 0) is 9.59 Å². The van der Waals surface area contributed by atoms with Crippen LogP contribution < -0.4 is 15.0 Å². The average Bonchev–Trinajstić information content (AvgIpc) is 2.92. The lowest BCUT2D eigenvalue weighted by molar-refractivity contribution is -0.131.